The van der Waals surface area contributed by atoms with Crippen LogP contribution in [0.3, 0.4) is 0 Å². The minimum atomic E-state index is -1.20. The van der Waals surface area contributed by atoms with E-state index in [1.165, 1.54) is 11.8 Å². The molecule has 1 atom stereocenters. The summed E-state index contributed by atoms with van der Waals surface area (Å²) in [6.45, 7) is 1.77. The van der Waals surface area contributed by atoms with Crippen molar-refractivity contribution in [1.29, 1.82) is 0 Å². The third-order valence-electron chi connectivity index (χ3n) is 3.17. The number of benzene rings is 1. The molecular formula is C14H17N3O4. The van der Waals surface area contributed by atoms with E-state index in [0.717, 1.165) is 0 Å². The third-order valence-corrected chi connectivity index (χ3v) is 3.17. The predicted molar refractivity (Wildman–Crippen MR) is 73.7 cm³/mol. The van der Waals surface area contributed by atoms with Gasteiger partial charge in [-0.2, -0.15) is 0 Å². The van der Waals surface area contributed by atoms with Crippen LogP contribution in [0, 0.1) is 0 Å². The fourth-order valence-electron chi connectivity index (χ4n) is 2.09. The zero-order valence-corrected chi connectivity index (χ0v) is 11.9. The molecule has 7 heteroatoms. The van der Waals surface area contributed by atoms with Crippen molar-refractivity contribution in [2.45, 2.75) is 25.7 Å². The average Bonchev–Trinajstić information content (AvgIpc) is 2.83. The van der Waals surface area contributed by atoms with Gasteiger partial charge < -0.3 is 14.9 Å². The van der Waals surface area contributed by atoms with Crippen molar-refractivity contribution in [3.63, 3.8) is 0 Å². The lowest BCUT2D eigenvalue weighted by Gasteiger charge is -2.24. The molecule has 0 aliphatic carbocycles. The van der Waals surface area contributed by atoms with Gasteiger partial charge in [-0.1, -0.05) is 35.5 Å². The molecule has 0 saturated carbocycles. The second kappa shape index (κ2) is 6.02. The highest BCUT2D eigenvalue weighted by Crippen LogP contribution is 2.23. The summed E-state index contributed by atoms with van der Waals surface area (Å²) in [5, 5.41) is 27.1. The zero-order valence-electron chi connectivity index (χ0n) is 11.9. The van der Waals surface area contributed by atoms with E-state index in [1.807, 2.05) is 18.2 Å². The standard InChI is InChI=1S/C14H17N3O4/c1-14(20,10-6-4-3-5-7-10)9-17-11(8-21-2)12(13(18)19)15-16-17/h3-7,20H,8-9H2,1-2H3,(H,18,19). The fraction of sp³-hybridized carbons (Fsp3) is 0.357. The lowest BCUT2D eigenvalue weighted by molar-refractivity contribution is 0.0312. The normalized spacial score (nSPS) is 13.9. The molecule has 7 nitrogen and oxygen atoms in total. The van der Waals surface area contributed by atoms with Crippen molar-refractivity contribution in [3.8, 4) is 0 Å². The van der Waals surface area contributed by atoms with Gasteiger partial charge in [0.2, 0.25) is 0 Å². The first-order valence-corrected chi connectivity index (χ1v) is 6.38. The second-order valence-corrected chi connectivity index (χ2v) is 4.92. The topological polar surface area (TPSA) is 97.5 Å². The van der Waals surface area contributed by atoms with Gasteiger partial charge in [-0.15, -0.1) is 5.10 Å². The minimum Gasteiger partial charge on any atom is -0.476 e. The van der Waals surface area contributed by atoms with Crippen LogP contribution >= 0.6 is 0 Å². The van der Waals surface area contributed by atoms with E-state index in [2.05, 4.69) is 10.3 Å². The summed E-state index contributed by atoms with van der Waals surface area (Å²) < 4.78 is 6.35. The maximum Gasteiger partial charge on any atom is 0.358 e. The molecule has 112 valence electrons. The molecule has 0 amide bonds. The number of aromatic nitrogens is 3. The van der Waals surface area contributed by atoms with E-state index >= 15 is 0 Å². The van der Waals surface area contributed by atoms with Gasteiger partial charge in [-0.3, -0.25) is 0 Å². The SMILES string of the molecule is COCc1c(C(=O)O)nnn1CC(C)(O)c1ccccc1. The summed E-state index contributed by atoms with van der Waals surface area (Å²) in [5.74, 6) is -1.17. The Labute approximate surface area is 121 Å². The van der Waals surface area contributed by atoms with Crippen molar-refractivity contribution in [2.24, 2.45) is 0 Å². The summed E-state index contributed by atoms with van der Waals surface area (Å²) in [5.41, 5.74) is -0.338. The maximum atomic E-state index is 11.1. The summed E-state index contributed by atoms with van der Waals surface area (Å²) >= 11 is 0. The molecule has 0 bridgehead atoms. The van der Waals surface area contributed by atoms with Crippen LogP contribution in [0.5, 0.6) is 0 Å². The molecule has 1 unspecified atom stereocenters. The Morgan fingerprint density at radius 3 is 2.62 bits per heavy atom. The Balaban J connectivity index is 2.33. The zero-order chi connectivity index (χ0) is 15.5. The molecule has 1 aromatic heterocycles. The van der Waals surface area contributed by atoms with E-state index < -0.39 is 11.6 Å². The first-order valence-electron chi connectivity index (χ1n) is 6.38. The molecule has 0 aliphatic rings. The van der Waals surface area contributed by atoms with Crippen molar-refractivity contribution in [2.75, 3.05) is 7.11 Å². The van der Waals surface area contributed by atoms with Gasteiger partial charge in [0.1, 0.15) is 5.60 Å². The highest BCUT2D eigenvalue weighted by Gasteiger charge is 2.27. The molecule has 1 heterocycles. The van der Waals surface area contributed by atoms with Gasteiger partial charge in [0.15, 0.2) is 5.69 Å². The Kier molecular flexibility index (Phi) is 4.35. The second-order valence-electron chi connectivity index (χ2n) is 4.92. The number of carboxylic acid groups (broad SMARTS) is 1. The highest BCUT2D eigenvalue weighted by molar-refractivity contribution is 5.86. The molecule has 0 saturated heterocycles. The average molecular weight is 291 g/mol. The Bertz CT molecular complexity index is 622. The first-order chi connectivity index (χ1) is 9.95. The van der Waals surface area contributed by atoms with E-state index in [0.29, 0.717) is 11.3 Å². The number of aliphatic hydroxyl groups is 1. The molecule has 2 N–H and O–H groups in total. The summed E-state index contributed by atoms with van der Waals surface area (Å²) in [4.78, 5) is 11.1. The van der Waals surface area contributed by atoms with Gasteiger partial charge in [-0.25, -0.2) is 9.48 Å². The van der Waals surface area contributed by atoms with Crippen LogP contribution in [0.4, 0.5) is 0 Å². The van der Waals surface area contributed by atoms with Crippen molar-refractivity contribution < 1.29 is 19.7 Å². The van der Waals surface area contributed by atoms with Crippen LogP contribution < -0.4 is 0 Å². The Morgan fingerprint density at radius 2 is 2.05 bits per heavy atom. The van der Waals surface area contributed by atoms with E-state index in [4.69, 9.17) is 9.84 Å². The van der Waals surface area contributed by atoms with Crippen LogP contribution in [0.2, 0.25) is 0 Å². The Hall–Kier alpha value is -2.25. The number of hydrogen-bond acceptors (Lipinski definition) is 5. The number of rotatable bonds is 6. The van der Waals surface area contributed by atoms with Crippen molar-refractivity contribution in [3.05, 3.63) is 47.3 Å². The van der Waals surface area contributed by atoms with Crippen LogP contribution in [0.25, 0.3) is 0 Å². The molecule has 0 radical (unpaired) electrons. The lowest BCUT2D eigenvalue weighted by Crippen LogP contribution is -2.29. The third kappa shape index (κ3) is 3.26. The minimum absolute atomic E-state index is 0.0551. The van der Waals surface area contributed by atoms with Gasteiger partial charge >= 0.3 is 5.97 Å². The summed E-state index contributed by atoms with van der Waals surface area (Å²) in [6, 6.07) is 9.10. The van der Waals surface area contributed by atoms with Gasteiger partial charge in [-0.05, 0) is 12.5 Å². The summed E-state index contributed by atoms with van der Waals surface area (Å²) in [6.07, 6.45) is 0. The molecule has 0 fully saturated rings. The Morgan fingerprint density at radius 1 is 1.38 bits per heavy atom. The first kappa shape index (κ1) is 15.1. The molecule has 2 aromatic rings. The molecule has 1 aromatic carbocycles. The quantitative estimate of drug-likeness (QED) is 0.825. The molecule has 0 spiro atoms. The van der Waals surface area contributed by atoms with E-state index in [9.17, 15) is 9.90 Å². The molecule has 21 heavy (non-hydrogen) atoms. The van der Waals surface area contributed by atoms with Crippen LogP contribution in [-0.4, -0.2) is 38.3 Å². The molecular weight excluding hydrogens is 274 g/mol. The maximum absolute atomic E-state index is 11.1. The van der Waals surface area contributed by atoms with Crippen LogP contribution in [0.15, 0.2) is 30.3 Å². The van der Waals surface area contributed by atoms with Gasteiger partial charge in [0.05, 0.1) is 18.8 Å². The van der Waals surface area contributed by atoms with Crippen LogP contribution in [0.1, 0.15) is 28.7 Å². The predicted octanol–water partition coefficient (Wildman–Crippen LogP) is 1.03. The fourth-order valence-corrected chi connectivity index (χ4v) is 2.09. The molecule has 0 aliphatic heterocycles. The number of aromatic carboxylic acids is 1. The van der Waals surface area contributed by atoms with E-state index in [1.54, 1.807) is 19.1 Å². The lowest BCUT2D eigenvalue weighted by atomic mass is 9.96. The number of carboxylic acids is 1. The van der Waals surface area contributed by atoms with Gasteiger partial charge in [0.25, 0.3) is 0 Å². The number of ether oxygens (including phenoxy) is 1. The van der Waals surface area contributed by atoms with Crippen LogP contribution in [-0.2, 0) is 23.5 Å². The van der Waals surface area contributed by atoms with E-state index in [-0.39, 0.29) is 18.8 Å². The van der Waals surface area contributed by atoms with Crippen molar-refractivity contribution in [1.82, 2.24) is 15.0 Å². The molecule has 2 rings (SSSR count). The highest BCUT2D eigenvalue weighted by atomic mass is 16.5. The monoisotopic (exact) mass is 291 g/mol. The number of nitrogens with zero attached hydrogens (tertiary/aromatic N) is 3. The number of hydrogen-bond donors (Lipinski definition) is 2. The largest absolute Gasteiger partial charge is 0.476 e. The van der Waals surface area contributed by atoms with Gasteiger partial charge in [0, 0.05) is 7.11 Å². The summed E-state index contributed by atoms with van der Waals surface area (Å²) in [7, 11) is 1.46. The number of methoxy groups -OCH3 is 1. The van der Waals surface area contributed by atoms with Crippen molar-refractivity contribution >= 4 is 5.97 Å². The smallest absolute Gasteiger partial charge is 0.358 e. The number of carbonyl (C=O) groups is 1.